The molecular formula is C27H31BrF2N4O5. The van der Waals surface area contributed by atoms with E-state index < -0.39 is 34.3 Å². The molecule has 0 bridgehead atoms. The van der Waals surface area contributed by atoms with Crippen LogP contribution in [0.3, 0.4) is 0 Å². The van der Waals surface area contributed by atoms with E-state index in [4.69, 9.17) is 4.74 Å². The third-order valence-electron chi connectivity index (χ3n) is 5.63. The van der Waals surface area contributed by atoms with Gasteiger partial charge in [0.05, 0.1) is 42.5 Å². The van der Waals surface area contributed by atoms with Gasteiger partial charge in [-0.05, 0) is 62.7 Å². The predicted octanol–water partition coefficient (Wildman–Crippen LogP) is 3.49. The van der Waals surface area contributed by atoms with Crippen molar-refractivity contribution in [3.8, 4) is 5.75 Å². The molecule has 39 heavy (non-hydrogen) atoms. The van der Waals surface area contributed by atoms with Crippen molar-refractivity contribution in [3.63, 3.8) is 0 Å². The van der Waals surface area contributed by atoms with Crippen LogP contribution in [0.15, 0.2) is 45.9 Å². The summed E-state index contributed by atoms with van der Waals surface area (Å²) >= 11 is 3.25. The van der Waals surface area contributed by atoms with Crippen molar-refractivity contribution >= 4 is 21.8 Å². The molecule has 0 aliphatic carbocycles. The third-order valence-corrected chi connectivity index (χ3v) is 6.36. The number of amides is 1. The molecule has 0 unspecified atom stereocenters. The first-order chi connectivity index (χ1) is 18.0. The maximum atomic E-state index is 13.9. The van der Waals surface area contributed by atoms with Crippen molar-refractivity contribution in [1.82, 2.24) is 19.4 Å². The largest absolute Gasteiger partial charge is 0.487 e. The minimum absolute atomic E-state index is 0.0192. The highest BCUT2D eigenvalue weighted by Gasteiger charge is 2.32. The van der Waals surface area contributed by atoms with Crippen molar-refractivity contribution in [3.05, 3.63) is 85.8 Å². The molecule has 3 aromatic rings. The molecule has 9 nitrogen and oxygen atoms in total. The highest BCUT2D eigenvalue weighted by atomic mass is 79.9. The number of carbonyl (C=O) groups is 1. The summed E-state index contributed by atoms with van der Waals surface area (Å²) in [6, 6.07) is 4.78. The van der Waals surface area contributed by atoms with Crippen LogP contribution in [0.4, 0.5) is 8.78 Å². The second kappa shape index (κ2) is 11.9. The summed E-state index contributed by atoms with van der Waals surface area (Å²) in [5.41, 5.74) is -1.62. The quantitative estimate of drug-likeness (QED) is 0.362. The van der Waals surface area contributed by atoms with Crippen LogP contribution in [-0.4, -0.2) is 53.3 Å². The lowest BCUT2D eigenvalue weighted by Gasteiger charge is -2.32. The van der Waals surface area contributed by atoms with Gasteiger partial charge in [-0.25, -0.2) is 8.78 Å². The predicted molar refractivity (Wildman–Crippen MR) is 143 cm³/mol. The van der Waals surface area contributed by atoms with Crippen LogP contribution in [0.2, 0.25) is 0 Å². The monoisotopic (exact) mass is 608 g/mol. The van der Waals surface area contributed by atoms with Gasteiger partial charge in [0.1, 0.15) is 34.1 Å². The molecular weight excluding hydrogens is 578 g/mol. The number of hydrogen-bond donors (Lipinski definition) is 2. The van der Waals surface area contributed by atoms with Crippen molar-refractivity contribution in [2.75, 3.05) is 6.54 Å². The number of benzene rings is 1. The maximum absolute atomic E-state index is 13.9. The van der Waals surface area contributed by atoms with E-state index in [-0.39, 0.29) is 42.0 Å². The van der Waals surface area contributed by atoms with E-state index in [1.54, 1.807) is 26.8 Å². The van der Waals surface area contributed by atoms with E-state index in [0.717, 1.165) is 12.1 Å². The molecule has 0 aliphatic rings. The average Bonchev–Trinajstić information content (AvgIpc) is 2.83. The lowest BCUT2D eigenvalue weighted by molar-refractivity contribution is -0.151. The number of rotatable bonds is 10. The molecule has 2 aromatic heterocycles. The SMILES string of the molecule is Cc1cc(OCc2ccc(F)cc2F)c(Br)c(=O)n1Cc1cnc(CN(CC(C)(C)O)C(=O)C(C)(C)O)cn1. The Morgan fingerprint density at radius 3 is 2.31 bits per heavy atom. The maximum Gasteiger partial charge on any atom is 0.269 e. The van der Waals surface area contributed by atoms with Crippen LogP contribution in [0.25, 0.3) is 0 Å². The van der Waals surface area contributed by atoms with Gasteiger partial charge in [-0.1, -0.05) is 0 Å². The molecule has 1 aromatic carbocycles. The third kappa shape index (κ3) is 8.13. The first-order valence-electron chi connectivity index (χ1n) is 12.1. The Labute approximate surface area is 233 Å². The minimum atomic E-state index is -1.63. The Kier molecular flexibility index (Phi) is 9.24. The summed E-state index contributed by atoms with van der Waals surface area (Å²) in [6.07, 6.45) is 2.95. The lowest BCUT2D eigenvalue weighted by atomic mass is 10.0. The number of aliphatic hydroxyl groups is 2. The van der Waals surface area contributed by atoms with E-state index in [1.807, 2.05) is 0 Å². The zero-order valence-electron chi connectivity index (χ0n) is 22.3. The highest BCUT2D eigenvalue weighted by molar-refractivity contribution is 9.10. The molecule has 0 saturated carbocycles. The summed E-state index contributed by atoms with van der Waals surface area (Å²) in [6.45, 7) is 7.46. The Balaban J connectivity index is 1.75. The van der Waals surface area contributed by atoms with E-state index in [2.05, 4.69) is 25.9 Å². The first-order valence-corrected chi connectivity index (χ1v) is 12.8. The molecule has 210 valence electrons. The van der Waals surface area contributed by atoms with Crippen molar-refractivity contribution in [2.45, 2.75) is 65.5 Å². The molecule has 0 saturated heterocycles. The van der Waals surface area contributed by atoms with Crippen molar-refractivity contribution < 1.29 is 28.5 Å². The lowest BCUT2D eigenvalue weighted by Crippen LogP contribution is -2.49. The second-order valence-electron chi connectivity index (χ2n) is 10.4. The molecule has 2 heterocycles. The van der Waals surface area contributed by atoms with Crippen LogP contribution in [0.5, 0.6) is 5.75 Å². The molecule has 0 aliphatic heterocycles. The fraction of sp³-hybridized carbons (Fsp3) is 0.407. The Bertz CT molecular complexity index is 1400. The van der Waals surface area contributed by atoms with E-state index in [1.165, 1.54) is 41.8 Å². The molecule has 0 radical (unpaired) electrons. The van der Waals surface area contributed by atoms with Crippen LogP contribution in [-0.2, 0) is 24.5 Å². The number of halogens is 3. The van der Waals surface area contributed by atoms with Gasteiger partial charge in [-0.15, -0.1) is 0 Å². The summed E-state index contributed by atoms with van der Waals surface area (Å²) in [4.78, 5) is 35.7. The highest BCUT2D eigenvalue weighted by Crippen LogP contribution is 2.24. The standard InChI is InChI=1S/C27H31BrF2N4O5/c1-16-8-22(39-14-17-6-7-18(29)9-21(17)30)23(28)24(35)34(16)13-20-11-31-19(10-32-20)12-33(15-26(2,3)37)25(36)27(4,5)38/h6-11,37-38H,12-15H2,1-5H3. The van der Waals surface area contributed by atoms with Gasteiger partial charge < -0.3 is 24.4 Å². The van der Waals surface area contributed by atoms with E-state index in [9.17, 15) is 28.6 Å². The molecule has 3 rings (SSSR count). The summed E-state index contributed by atoms with van der Waals surface area (Å²) in [5, 5.41) is 20.4. The molecule has 0 atom stereocenters. The minimum Gasteiger partial charge on any atom is -0.487 e. The molecule has 0 spiro atoms. The molecule has 1 amide bonds. The van der Waals surface area contributed by atoms with Gasteiger partial charge >= 0.3 is 0 Å². The van der Waals surface area contributed by atoms with Crippen LogP contribution in [0.1, 0.15) is 50.3 Å². The second-order valence-corrected chi connectivity index (χ2v) is 11.2. The number of carbonyl (C=O) groups excluding carboxylic acids is 1. The number of aryl methyl sites for hydroxylation is 1. The molecule has 0 fully saturated rings. The summed E-state index contributed by atoms with van der Waals surface area (Å²) in [7, 11) is 0. The number of hydrogen-bond acceptors (Lipinski definition) is 7. The fourth-order valence-corrected chi connectivity index (χ4v) is 4.21. The van der Waals surface area contributed by atoms with Crippen molar-refractivity contribution in [2.24, 2.45) is 0 Å². The number of pyridine rings is 1. The molecule has 2 N–H and O–H groups in total. The van der Waals surface area contributed by atoms with Crippen LogP contribution in [0, 0.1) is 18.6 Å². The van der Waals surface area contributed by atoms with E-state index in [0.29, 0.717) is 17.1 Å². The van der Waals surface area contributed by atoms with Gasteiger partial charge in [0.25, 0.3) is 11.5 Å². The normalized spacial score (nSPS) is 11.9. The Morgan fingerprint density at radius 1 is 1.10 bits per heavy atom. The van der Waals surface area contributed by atoms with E-state index >= 15 is 0 Å². The zero-order chi connectivity index (χ0) is 29.1. The first kappa shape index (κ1) is 30.3. The van der Waals surface area contributed by atoms with Crippen LogP contribution < -0.4 is 10.3 Å². The Hall–Kier alpha value is -3.22. The number of aromatic nitrogens is 3. The number of ether oxygens (including phenoxy) is 1. The van der Waals surface area contributed by atoms with Gasteiger partial charge in [0, 0.05) is 29.9 Å². The van der Waals surface area contributed by atoms with Gasteiger partial charge in [0.15, 0.2) is 0 Å². The summed E-state index contributed by atoms with van der Waals surface area (Å²) < 4.78 is 34.3. The zero-order valence-corrected chi connectivity index (χ0v) is 23.9. The topological polar surface area (TPSA) is 118 Å². The van der Waals surface area contributed by atoms with Gasteiger partial charge in [-0.2, -0.15) is 0 Å². The van der Waals surface area contributed by atoms with Crippen molar-refractivity contribution in [1.29, 1.82) is 0 Å². The van der Waals surface area contributed by atoms with Crippen LogP contribution >= 0.6 is 15.9 Å². The fourth-order valence-electron chi connectivity index (χ4n) is 3.77. The Morgan fingerprint density at radius 2 is 1.74 bits per heavy atom. The van der Waals surface area contributed by atoms with Gasteiger partial charge in [-0.3, -0.25) is 19.6 Å². The summed E-state index contributed by atoms with van der Waals surface area (Å²) in [5.74, 6) is -1.79. The van der Waals surface area contributed by atoms with Gasteiger partial charge in [0.2, 0.25) is 0 Å². The number of nitrogens with zero attached hydrogens (tertiary/aromatic N) is 4. The smallest absolute Gasteiger partial charge is 0.269 e. The average molecular weight is 609 g/mol. The molecule has 12 heteroatoms.